The third-order valence-electron chi connectivity index (χ3n) is 3.07. The Labute approximate surface area is 106 Å². The summed E-state index contributed by atoms with van der Waals surface area (Å²) >= 11 is 3.45. The molecule has 0 amide bonds. The molecule has 0 spiro atoms. The zero-order valence-electron chi connectivity index (χ0n) is 9.69. The number of hydrogen-bond acceptors (Lipinski definition) is 3. The van der Waals surface area contributed by atoms with Crippen LogP contribution in [0.15, 0.2) is 22.9 Å². The van der Waals surface area contributed by atoms with Gasteiger partial charge in [-0.1, -0.05) is 0 Å². The molecule has 1 aromatic heterocycles. The van der Waals surface area contributed by atoms with Crippen molar-refractivity contribution < 1.29 is 0 Å². The molecule has 3 nitrogen and oxygen atoms in total. The molecule has 0 radical (unpaired) electrons. The van der Waals surface area contributed by atoms with Crippen molar-refractivity contribution in [2.45, 2.75) is 6.42 Å². The zero-order chi connectivity index (χ0) is 11.4. The normalized spacial score (nSPS) is 18.9. The monoisotopic (exact) mass is 283 g/mol. The molecule has 2 rings (SSSR count). The number of likely N-dealkylation sites (N-methyl/N-ethyl adjacent to an activating group) is 1. The maximum Gasteiger partial charge on any atom is 0.0410 e. The first-order chi connectivity index (χ1) is 7.74. The van der Waals surface area contributed by atoms with Crippen molar-refractivity contribution in [3.63, 3.8) is 0 Å². The van der Waals surface area contributed by atoms with Gasteiger partial charge in [-0.15, -0.1) is 0 Å². The summed E-state index contributed by atoms with van der Waals surface area (Å²) in [5, 5.41) is 0. The van der Waals surface area contributed by atoms with Gasteiger partial charge >= 0.3 is 0 Å². The number of hydrogen-bond donors (Lipinski definition) is 0. The molecule has 1 aliphatic rings. The van der Waals surface area contributed by atoms with Gasteiger partial charge in [-0.05, 0) is 41.0 Å². The van der Waals surface area contributed by atoms with Gasteiger partial charge in [-0.25, -0.2) is 0 Å². The van der Waals surface area contributed by atoms with Crippen molar-refractivity contribution in [1.82, 2.24) is 14.8 Å². The van der Waals surface area contributed by atoms with Crippen LogP contribution in [0.2, 0.25) is 0 Å². The van der Waals surface area contributed by atoms with Crippen LogP contribution in [0.4, 0.5) is 0 Å². The van der Waals surface area contributed by atoms with E-state index in [0.717, 1.165) is 17.4 Å². The maximum absolute atomic E-state index is 4.19. The second kappa shape index (κ2) is 5.75. The number of rotatable bonds is 3. The van der Waals surface area contributed by atoms with Crippen LogP contribution in [0.5, 0.6) is 0 Å². The first kappa shape index (κ1) is 12.0. The van der Waals surface area contributed by atoms with Gasteiger partial charge in [-0.2, -0.15) is 0 Å². The fraction of sp³-hybridized carbons (Fsp3) is 0.583. The van der Waals surface area contributed by atoms with E-state index < -0.39 is 0 Å². The van der Waals surface area contributed by atoms with Crippen LogP contribution >= 0.6 is 15.9 Å². The van der Waals surface area contributed by atoms with Gasteiger partial charge in [0.05, 0.1) is 0 Å². The first-order valence-corrected chi connectivity index (χ1v) is 6.53. The second-order valence-electron chi connectivity index (χ2n) is 4.41. The molecule has 16 heavy (non-hydrogen) atoms. The van der Waals surface area contributed by atoms with E-state index in [2.05, 4.69) is 43.8 Å². The summed E-state index contributed by atoms with van der Waals surface area (Å²) in [6.07, 6.45) is 4.89. The minimum absolute atomic E-state index is 1.07. The average Bonchev–Trinajstić information content (AvgIpc) is 2.28. The van der Waals surface area contributed by atoms with E-state index in [1.807, 2.05) is 12.4 Å². The highest BCUT2D eigenvalue weighted by atomic mass is 79.9. The van der Waals surface area contributed by atoms with Crippen molar-refractivity contribution in [2.75, 3.05) is 39.8 Å². The SMILES string of the molecule is CN1CCN(CCc2cncc(Br)c2)CC1. The summed E-state index contributed by atoms with van der Waals surface area (Å²) in [6, 6.07) is 2.16. The molecule has 88 valence electrons. The lowest BCUT2D eigenvalue weighted by molar-refractivity contribution is 0.155. The summed E-state index contributed by atoms with van der Waals surface area (Å²) < 4.78 is 1.07. The highest BCUT2D eigenvalue weighted by Gasteiger charge is 2.12. The lowest BCUT2D eigenvalue weighted by atomic mass is 10.2. The summed E-state index contributed by atoms with van der Waals surface area (Å²) in [7, 11) is 2.19. The molecule has 0 saturated carbocycles. The Bertz CT molecular complexity index is 335. The molecule has 2 heterocycles. The van der Waals surface area contributed by atoms with E-state index in [0.29, 0.717) is 0 Å². The zero-order valence-corrected chi connectivity index (χ0v) is 11.3. The van der Waals surface area contributed by atoms with Crippen LogP contribution in [0.25, 0.3) is 0 Å². The second-order valence-corrected chi connectivity index (χ2v) is 5.32. The minimum atomic E-state index is 1.07. The summed E-state index contributed by atoms with van der Waals surface area (Å²) in [5.74, 6) is 0. The third kappa shape index (κ3) is 3.54. The summed E-state index contributed by atoms with van der Waals surface area (Å²) in [6.45, 7) is 5.91. The van der Waals surface area contributed by atoms with Crippen molar-refractivity contribution in [2.24, 2.45) is 0 Å². The molecule has 4 heteroatoms. The quantitative estimate of drug-likeness (QED) is 0.841. The minimum Gasteiger partial charge on any atom is -0.304 e. The molecule has 1 aromatic rings. The van der Waals surface area contributed by atoms with E-state index in [1.54, 1.807) is 0 Å². The van der Waals surface area contributed by atoms with Crippen LogP contribution in [0.1, 0.15) is 5.56 Å². The Hall–Kier alpha value is -0.450. The Morgan fingerprint density at radius 1 is 1.25 bits per heavy atom. The molecule has 1 aliphatic heterocycles. The Morgan fingerprint density at radius 2 is 2.00 bits per heavy atom. The van der Waals surface area contributed by atoms with Crippen LogP contribution in [-0.4, -0.2) is 54.6 Å². The van der Waals surface area contributed by atoms with E-state index >= 15 is 0 Å². The first-order valence-electron chi connectivity index (χ1n) is 5.74. The predicted octanol–water partition coefficient (Wildman–Crippen LogP) is 1.63. The smallest absolute Gasteiger partial charge is 0.0410 e. The molecule has 0 atom stereocenters. The Balaban J connectivity index is 1.79. The van der Waals surface area contributed by atoms with Crippen molar-refractivity contribution in [1.29, 1.82) is 0 Å². The van der Waals surface area contributed by atoms with Gasteiger partial charge in [0.15, 0.2) is 0 Å². The topological polar surface area (TPSA) is 19.4 Å². The number of piperazine rings is 1. The lowest BCUT2D eigenvalue weighted by Gasteiger charge is -2.32. The molecular formula is C12H18BrN3. The van der Waals surface area contributed by atoms with E-state index in [4.69, 9.17) is 0 Å². The molecule has 0 aromatic carbocycles. The van der Waals surface area contributed by atoms with Crippen molar-refractivity contribution in [3.8, 4) is 0 Å². The highest BCUT2D eigenvalue weighted by Crippen LogP contribution is 2.10. The van der Waals surface area contributed by atoms with E-state index in [1.165, 1.54) is 31.7 Å². The van der Waals surface area contributed by atoms with Gasteiger partial charge in [0, 0.05) is 49.6 Å². The highest BCUT2D eigenvalue weighted by molar-refractivity contribution is 9.10. The maximum atomic E-state index is 4.19. The number of nitrogens with zero attached hydrogens (tertiary/aromatic N) is 3. The van der Waals surface area contributed by atoms with Gasteiger partial charge in [0.2, 0.25) is 0 Å². The van der Waals surface area contributed by atoms with Crippen LogP contribution in [-0.2, 0) is 6.42 Å². The molecule has 0 N–H and O–H groups in total. The van der Waals surface area contributed by atoms with Gasteiger partial charge in [0.25, 0.3) is 0 Å². The van der Waals surface area contributed by atoms with Gasteiger partial charge in [-0.3, -0.25) is 4.98 Å². The van der Waals surface area contributed by atoms with Crippen molar-refractivity contribution >= 4 is 15.9 Å². The molecule has 0 bridgehead atoms. The fourth-order valence-electron chi connectivity index (χ4n) is 1.95. The fourth-order valence-corrected chi connectivity index (χ4v) is 2.36. The predicted molar refractivity (Wildman–Crippen MR) is 69.6 cm³/mol. The molecule has 0 aliphatic carbocycles. The number of aromatic nitrogens is 1. The van der Waals surface area contributed by atoms with Crippen LogP contribution < -0.4 is 0 Å². The molecule has 1 fully saturated rings. The standard InChI is InChI=1S/C12H18BrN3/c1-15-4-6-16(7-5-15)3-2-11-8-12(13)10-14-9-11/h8-10H,2-7H2,1H3. The van der Waals surface area contributed by atoms with E-state index in [-0.39, 0.29) is 0 Å². The van der Waals surface area contributed by atoms with Crippen molar-refractivity contribution in [3.05, 3.63) is 28.5 Å². The van der Waals surface area contributed by atoms with E-state index in [9.17, 15) is 0 Å². The average molecular weight is 284 g/mol. The van der Waals surface area contributed by atoms with Crippen LogP contribution in [0.3, 0.4) is 0 Å². The summed E-state index contributed by atoms with van der Waals surface area (Å²) in [5.41, 5.74) is 1.31. The number of halogens is 1. The van der Waals surface area contributed by atoms with Crippen LogP contribution in [0, 0.1) is 0 Å². The molecule has 0 unspecified atom stereocenters. The summed E-state index contributed by atoms with van der Waals surface area (Å²) in [4.78, 5) is 9.10. The Kier molecular flexibility index (Phi) is 4.32. The Morgan fingerprint density at radius 3 is 2.69 bits per heavy atom. The number of pyridine rings is 1. The molecule has 1 saturated heterocycles. The van der Waals surface area contributed by atoms with Gasteiger partial charge < -0.3 is 9.80 Å². The lowest BCUT2D eigenvalue weighted by Crippen LogP contribution is -2.45. The largest absolute Gasteiger partial charge is 0.304 e. The third-order valence-corrected chi connectivity index (χ3v) is 3.51. The van der Waals surface area contributed by atoms with Gasteiger partial charge in [0.1, 0.15) is 0 Å². The molecular weight excluding hydrogens is 266 g/mol.